The van der Waals surface area contributed by atoms with Crippen molar-refractivity contribution in [2.24, 2.45) is 0 Å². The molecule has 2 aromatic rings. The largest absolute Gasteiger partial charge is 0.270 e. The van der Waals surface area contributed by atoms with Crippen LogP contribution in [-0.2, 0) is 4.79 Å². The number of amides is 1. The molecule has 116 valence electrons. The SMILES string of the molecule is Cc1cccc(N2C(=O)/C(=C/c3ccc(Br)cc3)SC2=S)c1C. The van der Waals surface area contributed by atoms with Crippen LogP contribution in [-0.4, -0.2) is 10.2 Å². The van der Waals surface area contributed by atoms with Crippen LogP contribution >= 0.6 is 39.9 Å². The van der Waals surface area contributed by atoms with Crippen LogP contribution in [0.2, 0.25) is 0 Å². The fraction of sp³-hybridized carbons (Fsp3) is 0.111. The number of carbonyl (C=O) groups is 1. The Bertz CT molecular complexity index is 827. The molecule has 0 bridgehead atoms. The van der Waals surface area contributed by atoms with Crippen LogP contribution in [0.25, 0.3) is 6.08 Å². The molecule has 0 radical (unpaired) electrons. The van der Waals surface area contributed by atoms with Gasteiger partial charge in [-0.3, -0.25) is 9.69 Å². The summed E-state index contributed by atoms with van der Waals surface area (Å²) in [5, 5.41) is 0. The average molecular weight is 404 g/mol. The van der Waals surface area contributed by atoms with E-state index in [-0.39, 0.29) is 5.91 Å². The third-order valence-corrected chi connectivity index (χ3v) is 5.61. The molecule has 0 N–H and O–H groups in total. The Hall–Kier alpha value is -1.43. The first-order valence-corrected chi connectivity index (χ1v) is 9.09. The summed E-state index contributed by atoms with van der Waals surface area (Å²) in [6, 6.07) is 13.8. The van der Waals surface area contributed by atoms with Crippen molar-refractivity contribution in [1.82, 2.24) is 0 Å². The van der Waals surface area contributed by atoms with Crippen molar-refractivity contribution in [3.63, 3.8) is 0 Å². The van der Waals surface area contributed by atoms with Gasteiger partial charge in [-0.1, -0.05) is 64.2 Å². The van der Waals surface area contributed by atoms with E-state index in [9.17, 15) is 4.79 Å². The Balaban J connectivity index is 1.97. The minimum atomic E-state index is -0.0587. The second-order valence-electron chi connectivity index (χ2n) is 5.29. The molecule has 0 aromatic heterocycles. The van der Waals surface area contributed by atoms with Crippen molar-refractivity contribution in [1.29, 1.82) is 0 Å². The van der Waals surface area contributed by atoms with Gasteiger partial charge < -0.3 is 0 Å². The minimum absolute atomic E-state index is 0.0587. The van der Waals surface area contributed by atoms with Gasteiger partial charge in [0.25, 0.3) is 5.91 Å². The topological polar surface area (TPSA) is 20.3 Å². The maximum atomic E-state index is 12.8. The summed E-state index contributed by atoms with van der Waals surface area (Å²) < 4.78 is 1.59. The Labute approximate surface area is 153 Å². The maximum Gasteiger partial charge on any atom is 0.270 e. The fourth-order valence-corrected chi connectivity index (χ4v) is 3.91. The number of carbonyl (C=O) groups excluding carboxylic acids is 1. The third kappa shape index (κ3) is 3.27. The number of thiocarbonyl (C=S) groups is 1. The molecular weight excluding hydrogens is 390 g/mol. The number of rotatable bonds is 2. The number of nitrogens with zero attached hydrogens (tertiary/aromatic N) is 1. The number of aryl methyl sites for hydroxylation is 1. The second kappa shape index (κ2) is 6.59. The molecule has 23 heavy (non-hydrogen) atoms. The van der Waals surface area contributed by atoms with E-state index in [1.807, 2.05) is 62.4 Å². The Kier molecular flexibility index (Phi) is 4.71. The van der Waals surface area contributed by atoms with Gasteiger partial charge in [-0.05, 0) is 54.8 Å². The number of thioether (sulfide) groups is 1. The number of hydrogen-bond donors (Lipinski definition) is 0. The van der Waals surface area contributed by atoms with Crippen LogP contribution in [0.15, 0.2) is 51.8 Å². The van der Waals surface area contributed by atoms with E-state index in [1.165, 1.54) is 11.8 Å². The third-order valence-electron chi connectivity index (χ3n) is 3.78. The van der Waals surface area contributed by atoms with Crippen molar-refractivity contribution in [2.75, 3.05) is 4.90 Å². The molecule has 0 unspecified atom stereocenters. The van der Waals surface area contributed by atoms with Gasteiger partial charge in [-0.25, -0.2) is 0 Å². The highest BCUT2D eigenvalue weighted by molar-refractivity contribution is 9.10. The van der Waals surface area contributed by atoms with Crippen LogP contribution in [0.1, 0.15) is 16.7 Å². The molecule has 5 heteroatoms. The van der Waals surface area contributed by atoms with Gasteiger partial charge in [0, 0.05) is 4.47 Å². The second-order valence-corrected chi connectivity index (χ2v) is 7.88. The molecule has 0 spiro atoms. The smallest absolute Gasteiger partial charge is 0.268 e. The van der Waals surface area contributed by atoms with Crippen molar-refractivity contribution in [3.05, 3.63) is 68.5 Å². The lowest BCUT2D eigenvalue weighted by molar-refractivity contribution is -0.113. The lowest BCUT2D eigenvalue weighted by atomic mass is 10.1. The highest BCUT2D eigenvalue weighted by Crippen LogP contribution is 2.37. The monoisotopic (exact) mass is 403 g/mol. The van der Waals surface area contributed by atoms with Crippen LogP contribution in [0.3, 0.4) is 0 Å². The normalized spacial score (nSPS) is 16.5. The van der Waals surface area contributed by atoms with Crippen molar-refractivity contribution in [2.45, 2.75) is 13.8 Å². The van der Waals surface area contributed by atoms with Crippen LogP contribution in [0.4, 0.5) is 5.69 Å². The molecule has 2 nitrogen and oxygen atoms in total. The molecule has 1 amide bonds. The summed E-state index contributed by atoms with van der Waals surface area (Å²) in [6.45, 7) is 4.05. The van der Waals surface area contributed by atoms with E-state index in [2.05, 4.69) is 15.9 Å². The molecule has 1 saturated heterocycles. The molecule has 3 rings (SSSR count). The number of hydrogen-bond acceptors (Lipinski definition) is 3. The minimum Gasteiger partial charge on any atom is -0.268 e. The summed E-state index contributed by atoms with van der Waals surface area (Å²) in [4.78, 5) is 15.1. The highest BCUT2D eigenvalue weighted by Gasteiger charge is 2.34. The quantitative estimate of drug-likeness (QED) is 0.489. The summed E-state index contributed by atoms with van der Waals surface area (Å²) in [5.74, 6) is -0.0587. The average Bonchev–Trinajstić information content (AvgIpc) is 2.79. The number of halogens is 1. The molecule has 2 aromatic carbocycles. The van der Waals surface area contributed by atoms with Gasteiger partial charge >= 0.3 is 0 Å². The van der Waals surface area contributed by atoms with Gasteiger partial charge in [-0.15, -0.1) is 0 Å². The molecule has 0 saturated carbocycles. The number of benzene rings is 2. The Morgan fingerprint density at radius 1 is 1.13 bits per heavy atom. The van der Waals surface area contributed by atoms with Crippen LogP contribution in [0, 0.1) is 13.8 Å². The van der Waals surface area contributed by atoms with E-state index in [4.69, 9.17) is 12.2 Å². The van der Waals surface area contributed by atoms with Crippen molar-refractivity contribution >= 4 is 61.9 Å². The Morgan fingerprint density at radius 2 is 1.83 bits per heavy atom. The first-order chi connectivity index (χ1) is 11.0. The molecule has 1 fully saturated rings. The fourth-order valence-electron chi connectivity index (χ4n) is 2.36. The maximum absolute atomic E-state index is 12.8. The summed E-state index contributed by atoms with van der Waals surface area (Å²) in [5.41, 5.74) is 4.07. The lowest BCUT2D eigenvalue weighted by Crippen LogP contribution is -2.28. The van der Waals surface area contributed by atoms with E-state index < -0.39 is 0 Å². The first kappa shape index (κ1) is 16.4. The molecule has 1 heterocycles. The van der Waals surface area contributed by atoms with E-state index in [1.54, 1.807) is 4.90 Å². The predicted octanol–water partition coefficient (Wildman–Crippen LogP) is 5.47. The summed E-state index contributed by atoms with van der Waals surface area (Å²) in [7, 11) is 0. The molecule has 0 aliphatic carbocycles. The van der Waals surface area contributed by atoms with Gasteiger partial charge in [-0.2, -0.15) is 0 Å². The zero-order valence-electron chi connectivity index (χ0n) is 12.7. The van der Waals surface area contributed by atoms with E-state index >= 15 is 0 Å². The highest BCUT2D eigenvalue weighted by atomic mass is 79.9. The number of anilines is 1. The molecular formula is C18H14BrNOS2. The lowest BCUT2D eigenvalue weighted by Gasteiger charge is -2.18. The molecule has 1 aliphatic heterocycles. The van der Waals surface area contributed by atoms with E-state index in [0.717, 1.165) is 26.9 Å². The Morgan fingerprint density at radius 3 is 2.52 bits per heavy atom. The van der Waals surface area contributed by atoms with Crippen molar-refractivity contribution in [3.8, 4) is 0 Å². The van der Waals surface area contributed by atoms with Crippen molar-refractivity contribution < 1.29 is 4.79 Å². The van der Waals surface area contributed by atoms with E-state index in [0.29, 0.717) is 9.23 Å². The van der Waals surface area contributed by atoms with Gasteiger partial charge in [0.1, 0.15) is 0 Å². The predicted molar refractivity (Wildman–Crippen MR) is 106 cm³/mol. The zero-order chi connectivity index (χ0) is 16.6. The molecule has 0 atom stereocenters. The van der Waals surface area contributed by atoms with Crippen LogP contribution < -0.4 is 4.90 Å². The van der Waals surface area contributed by atoms with Crippen LogP contribution in [0.5, 0.6) is 0 Å². The summed E-state index contributed by atoms with van der Waals surface area (Å²) in [6.07, 6.45) is 1.89. The first-order valence-electron chi connectivity index (χ1n) is 7.07. The van der Waals surface area contributed by atoms with Gasteiger partial charge in [0.05, 0.1) is 10.6 Å². The summed E-state index contributed by atoms with van der Waals surface area (Å²) >= 11 is 10.2. The van der Waals surface area contributed by atoms with Gasteiger partial charge in [0.2, 0.25) is 0 Å². The molecule has 1 aliphatic rings. The standard InChI is InChI=1S/C18H14BrNOS2/c1-11-4-3-5-15(12(11)2)20-17(21)16(23-18(20)22)10-13-6-8-14(19)9-7-13/h3-10H,1-2H3/b16-10-. The van der Waals surface area contributed by atoms with Gasteiger partial charge in [0.15, 0.2) is 4.32 Å². The zero-order valence-corrected chi connectivity index (χ0v) is 15.9.